The second-order valence-corrected chi connectivity index (χ2v) is 6.06. The standard InChI is InChI=1S/C18H21NO2S/c1-3-21-17-7-5-4-6-16(17)19-18(20)12-13-22-15-10-8-14(2)9-11-15/h4-11H,3,12-13H2,1-2H3,(H,19,20). The number of aryl methyl sites for hydroxylation is 1. The lowest BCUT2D eigenvalue weighted by Crippen LogP contribution is -2.13. The maximum Gasteiger partial charge on any atom is 0.225 e. The second kappa shape index (κ2) is 8.49. The van der Waals surface area contributed by atoms with E-state index >= 15 is 0 Å². The van der Waals surface area contributed by atoms with Gasteiger partial charge in [-0.05, 0) is 38.1 Å². The Morgan fingerprint density at radius 3 is 2.59 bits per heavy atom. The maximum absolute atomic E-state index is 12.0. The van der Waals surface area contributed by atoms with Crippen LogP contribution < -0.4 is 10.1 Å². The summed E-state index contributed by atoms with van der Waals surface area (Å²) in [7, 11) is 0. The molecule has 1 amide bonds. The Bertz CT molecular complexity index is 611. The molecule has 0 unspecified atom stereocenters. The highest BCUT2D eigenvalue weighted by atomic mass is 32.2. The van der Waals surface area contributed by atoms with Crippen LogP contribution >= 0.6 is 11.8 Å². The summed E-state index contributed by atoms with van der Waals surface area (Å²) in [5, 5.41) is 2.91. The molecule has 22 heavy (non-hydrogen) atoms. The number of nitrogens with one attached hydrogen (secondary N) is 1. The van der Waals surface area contributed by atoms with Crippen molar-refractivity contribution in [1.29, 1.82) is 0 Å². The number of hydrogen-bond acceptors (Lipinski definition) is 3. The van der Waals surface area contributed by atoms with Crippen LogP contribution in [0.15, 0.2) is 53.4 Å². The van der Waals surface area contributed by atoms with Crippen molar-refractivity contribution in [2.75, 3.05) is 17.7 Å². The van der Waals surface area contributed by atoms with E-state index in [1.165, 1.54) is 10.5 Å². The van der Waals surface area contributed by atoms with E-state index in [1.807, 2.05) is 31.2 Å². The Morgan fingerprint density at radius 1 is 1.14 bits per heavy atom. The van der Waals surface area contributed by atoms with E-state index in [-0.39, 0.29) is 5.91 Å². The number of rotatable bonds is 7. The summed E-state index contributed by atoms with van der Waals surface area (Å²) >= 11 is 1.69. The molecule has 0 saturated heterocycles. The minimum Gasteiger partial charge on any atom is -0.492 e. The highest BCUT2D eigenvalue weighted by Gasteiger charge is 2.07. The molecule has 0 spiro atoms. The molecule has 0 aliphatic heterocycles. The van der Waals surface area contributed by atoms with Gasteiger partial charge in [0.1, 0.15) is 5.75 Å². The lowest BCUT2D eigenvalue weighted by atomic mass is 10.2. The van der Waals surface area contributed by atoms with Gasteiger partial charge in [0.05, 0.1) is 12.3 Å². The van der Waals surface area contributed by atoms with Crippen LogP contribution in [0.2, 0.25) is 0 Å². The van der Waals surface area contributed by atoms with Gasteiger partial charge in [-0.1, -0.05) is 29.8 Å². The Morgan fingerprint density at radius 2 is 1.86 bits per heavy atom. The van der Waals surface area contributed by atoms with E-state index in [2.05, 4.69) is 36.5 Å². The predicted molar refractivity (Wildman–Crippen MR) is 92.8 cm³/mol. The summed E-state index contributed by atoms with van der Waals surface area (Å²) in [4.78, 5) is 13.2. The number of carbonyl (C=O) groups is 1. The van der Waals surface area contributed by atoms with Crippen LogP contribution in [0.1, 0.15) is 18.9 Å². The molecule has 2 aromatic rings. The Hall–Kier alpha value is -1.94. The Labute approximate surface area is 136 Å². The molecule has 0 aliphatic rings. The van der Waals surface area contributed by atoms with Crippen LogP contribution in [0.25, 0.3) is 0 Å². The molecular formula is C18H21NO2S. The zero-order valence-electron chi connectivity index (χ0n) is 13.0. The topological polar surface area (TPSA) is 38.3 Å². The van der Waals surface area contributed by atoms with Crippen LogP contribution in [0.5, 0.6) is 5.75 Å². The molecule has 0 radical (unpaired) electrons. The van der Waals surface area contributed by atoms with E-state index in [0.29, 0.717) is 18.8 Å². The third-order valence-corrected chi connectivity index (χ3v) is 4.09. The van der Waals surface area contributed by atoms with Crippen LogP contribution in [0.4, 0.5) is 5.69 Å². The molecule has 2 rings (SSSR count). The van der Waals surface area contributed by atoms with Crippen molar-refractivity contribution in [1.82, 2.24) is 0 Å². The first kappa shape index (κ1) is 16.4. The Kier molecular flexibility index (Phi) is 6.34. The first-order valence-corrected chi connectivity index (χ1v) is 8.38. The number of anilines is 1. The summed E-state index contributed by atoms with van der Waals surface area (Å²) in [5.74, 6) is 1.47. The van der Waals surface area contributed by atoms with E-state index in [1.54, 1.807) is 11.8 Å². The van der Waals surface area contributed by atoms with Gasteiger partial charge < -0.3 is 10.1 Å². The summed E-state index contributed by atoms with van der Waals surface area (Å²) in [6.07, 6.45) is 0.471. The van der Waals surface area contributed by atoms with Crippen molar-refractivity contribution in [3.05, 3.63) is 54.1 Å². The SMILES string of the molecule is CCOc1ccccc1NC(=O)CCSc1ccc(C)cc1. The minimum absolute atomic E-state index is 0.00626. The number of thioether (sulfide) groups is 1. The zero-order chi connectivity index (χ0) is 15.8. The molecule has 0 atom stereocenters. The van der Waals surface area contributed by atoms with E-state index < -0.39 is 0 Å². The maximum atomic E-state index is 12.0. The predicted octanol–water partition coefficient (Wildman–Crippen LogP) is 4.51. The van der Waals surface area contributed by atoms with Crippen LogP contribution in [0, 0.1) is 6.92 Å². The number of ether oxygens (including phenoxy) is 1. The van der Waals surface area contributed by atoms with Gasteiger partial charge in [-0.3, -0.25) is 4.79 Å². The molecule has 0 fully saturated rings. The van der Waals surface area contributed by atoms with Crippen molar-refractivity contribution in [3.8, 4) is 5.75 Å². The number of benzene rings is 2. The fraction of sp³-hybridized carbons (Fsp3) is 0.278. The van der Waals surface area contributed by atoms with Gasteiger partial charge in [0, 0.05) is 17.1 Å². The van der Waals surface area contributed by atoms with Gasteiger partial charge in [0.2, 0.25) is 5.91 Å². The first-order valence-electron chi connectivity index (χ1n) is 7.40. The second-order valence-electron chi connectivity index (χ2n) is 4.89. The summed E-state index contributed by atoms with van der Waals surface area (Å²) in [5.41, 5.74) is 1.98. The van der Waals surface area contributed by atoms with Crippen molar-refractivity contribution >= 4 is 23.4 Å². The van der Waals surface area contributed by atoms with Gasteiger partial charge in [0.25, 0.3) is 0 Å². The fourth-order valence-electron chi connectivity index (χ4n) is 1.96. The summed E-state index contributed by atoms with van der Waals surface area (Å²) in [6, 6.07) is 15.8. The minimum atomic E-state index is 0.00626. The molecule has 0 heterocycles. The van der Waals surface area contributed by atoms with Crippen LogP contribution in [-0.4, -0.2) is 18.3 Å². The highest BCUT2D eigenvalue weighted by molar-refractivity contribution is 7.99. The Balaban J connectivity index is 1.82. The number of para-hydroxylation sites is 2. The quantitative estimate of drug-likeness (QED) is 0.764. The number of amides is 1. The fourth-order valence-corrected chi connectivity index (χ4v) is 2.81. The number of hydrogen-bond donors (Lipinski definition) is 1. The molecule has 116 valence electrons. The number of carbonyl (C=O) groups excluding carboxylic acids is 1. The lowest BCUT2D eigenvalue weighted by molar-refractivity contribution is -0.115. The van der Waals surface area contributed by atoms with Gasteiger partial charge in [-0.15, -0.1) is 11.8 Å². The third kappa shape index (κ3) is 5.11. The molecule has 0 bridgehead atoms. The van der Waals surface area contributed by atoms with Crippen molar-refractivity contribution < 1.29 is 9.53 Å². The summed E-state index contributed by atoms with van der Waals surface area (Å²) < 4.78 is 5.50. The molecule has 0 saturated carbocycles. The summed E-state index contributed by atoms with van der Waals surface area (Å²) in [6.45, 7) is 4.57. The lowest BCUT2D eigenvalue weighted by Gasteiger charge is -2.11. The van der Waals surface area contributed by atoms with Crippen LogP contribution in [-0.2, 0) is 4.79 Å². The van der Waals surface area contributed by atoms with Gasteiger partial charge in [-0.25, -0.2) is 0 Å². The van der Waals surface area contributed by atoms with E-state index in [0.717, 1.165) is 11.4 Å². The molecular weight excluding hydrogens is 294 g/mol. The molecule has 4 heteroatoms. The molecule has 3 nitrogen and oxygen atoms in total. The van der Waals surface area contributed by atoms with E-state index in [9.17, 15) is 4.79 Å². The van der Waals surface area contributed by atoms with Crippen LogP contribution in [0.3, 0.4) is 0 Å². The van der Waals surface area contributed by atoms with Crippen molar-refractivity contribution in [2.24, 2.45) is 0 Å². The average molecular weight is 315 g/mol. The average Bonchev–Trinajstić information content (AvgIpc) is 2.51. The van der Waals surface area contributed by atoms with Gasteiger partial charge in [0.15, 0.2) is 0 Å². The highest BCUT2D eigenvalue weighted by Crippen LogP contribution is 2.24. The van der Waals surface area contributed by atoms with Crippen molar-refractivity contribution in [3.63, 3.8) is 0 Å². The van der Waals surface area contributed by atoms with E-state index in [4.69, 9.17) is 4.74 Å². The third-order valence-electron chi connectivity index (χ3n) is 3.08. The molecule has 2 aromatic carbocycles. The smallest absolute Gasteiger partial charge is 0.225 e. The monoisotopic (exact) mass is 315 g/mol. The van der Waals surface area contributed by atoms with Crippen molar-refractivity contribution in [2.45, 2.75) is 25.2 Å². The van der Waals surface area contributed by atoms with Gasteiger partial charge in [-0.2, -0.15) is 0 Å². The molecule has 0 aliphatic carbocycles. The molecule has 1 N–H and O–H groups in total. The normalized spacial score (nSPS) is 10.3. The largest absolute Gasteiger partial charge is 0.492 e. The first-order chi connectivity index (χ1) is 10.7. The van der Waals surface area contributed by atoms with Gasteiger partial charge >= 0.3 is 0 Å². The molecule has 0 aromatic heterocycles. The zero-order valence-corrected chi connectivity index (χ0v) is 13.8.